The predicted molar refractivity (Wildman–Crippen MR) is 74.6 cm³/mol. The maximum atomic E-state index is 12.0. The van der Waals surface area contributed by atoms with Gasteiger partial charge in [0, 0.05) is 25.3 Å². The normalized spacial score (nSPS) is 19.5. The molecule has 1 aromatic rings. The van der Waals surface area contributed by atoms with Gasteiger partial charge in [0.15, 0.2) is 0 Å². The number of rotatable bonds is 4. The van der Waals surface area contributed by atoms with E-state index in [1.54, 1.807) is 4.90 Å². The van der Waals surface area contributed by atoms with E-state index in [0.717, 1.165) is 5.56 Å². The number of terminal acetylenes is 1. The average molecular weight is 271 g/mol. The molecule has 0 aromatic heterocycles. The van der Waals surface area contributed by atoms with Crippen molar-refractivity contribution in [1.82, 2.24) is 4.90 Å². The SMILES string of the molecule is C#CC1CC(=O)N([C@H](Cc2ccccc2)C(=O)OC)C1. The lowest BCUT2D eigenvalue weighted by Gasteiger charge is -2.25. The summed E-state index contributed by atoms with van der Waals surface area (Å²) in [5.74, 6) is 1.98. The second-order valence-electron chi connectivity index (χ2n) is 4.84. The van der Waals surface area contributed by atoms with Crippen molar-refractivity contribution in [2.75, 3.05) is 13.7 Å². The van der Waals surface area contributed by atoms with Crippen LogP contribution in [0, 0.1) is 18.3 Å². The van der Waals surface area contributed by atoms with Crippen LogP contribution in [0.4, 0.5) is 0 Å². The summed E-state index contributed by atoms with van der Waals surface area (Å²) in [6.45, 7) is 0.419. The van der Waals surface area contributed by atoms with E-state index in [9.17, 15) is 9.59 Å². The zero-order chi connectivity index (χ0) is 14.5. The second kappa shape index (κ2) is 6.25. The molecule has 1 unspecified atom stereocenters. The molecule has 4 nitrogen and oxygen atoms in total. The van der Waals surface area contributed by atoms with Crippen LogP contribution in [0.1, 0.15) is 12.0 Å². The van der Waals surface area contributed by atoms with Crippen LogP contribution in [0.15, 0.2) is 30.3 Å². The van der Waals surface area contributed by atoms with Gasteiger partial charge in [-0.2, -0.15) is 0 Å². The molecule has 0 radical (unpaired) electrons. The van der Waals surface area contributed by atoms with Crippen LogP contribution in [0.25, 0.3) is 0 Å². The number of hydrogen-bond acceptors (Lipinski definition) is 3. The number of methoxy groups -OCH3 is 1. The molecule has 2 atom stereocenters. The molecule has 1 aromatic carbocycles. The Bertz CT molecular complexity index is 532. The highest BCUT2D eigenvalue weighted by Crippen LogP contribution is 2.22. The van der Waals surface area contributed by atoms with Gasteiger partial charge in [0.05, 0.1) is 7.11 Å². The Balaban J connectivity index is 2.18. The van der Waals surface area contributed by atoms with Gasteiger partial charge < -0.3 is 9.64 Å². The molecule has 1 aliphatic heterocycles. The van der Waals surface area contributed by atoms with Crippen molar-refractivity contribution >= 4 is 11.9 Å². The molecule has 20 heavy (non-hydrogen) atoms. The zero-order valence-electron chi connectivity index (χ0n) is 11.4. The van der Waals surface area contributed by atoms with Crippen LogP contribution in [-0.4, -0.2) is 36.5 Å². The molecule has 1 aliphatic rings. The van der Waals surface area contributed by atoms with Crippen LogP contribution in [0.3, 0.4) is 0 Å². The van der Waals surface area contributed by atoms with Crippen molar-refractivity contribution in [2.45, 2.75) is 18.9 Å². The molecule has 2 rings (SSSR count). The monoisotopic (exact) mass is 271 g/mol. The van der Waals surface area contributed by atoms with Gasteiger partial charge in [0.1, 0.15) is 6.04 Å². The van der Waals surface area contributed by atoms with Crippen molar-refractivity contribution < 1.29 is 14.3 Å². The molecule has 4 heteroatoms. The van der Waals surface area contributed by atoms with Crippen molar-refractivity contribution in [2.24, 2.45) is 5.92 Å². The number of ether oxygens (including phenoxy) is 1. The van der Waals surface area contributed by atoms with E-state index in [4.69, 9.17) is 11.2 Å². The maximum Gasteiger partial charge on any atom is 0.328 e. The maximum absolute atomic E-state index is 12.0. The Morgan fingerprint density at radius 3 is 2.75 bits per heavy atom. The van der Waals surface area contributed by atoms with Crippen LogP contribution in [-0.2, 0) is 20.7 Å². The van der Waals surface area contributed by atoms with E-state index >= 15 is 0 Å². The fourth-order valence-electron chi connectivity index (χ4n) is 2.44. The number of nitrogens with zero attached hydrogens (tertiary/aromatic N) is 1. The molecule has 0 spiro atoms. The minimum absolute atomic E-state index is 0.0840. The third kappa shape index (κ3) is 3.00. The highest BCUT2D eigenvalue weighted by Gasteiger charge is 2.37. The Morgan fingerprint density at radius 2 is 2.20 bits per heavy atom. The molecular formula is C16H17NO3. The van der Waals surface area contributed by atoms with Gasteiger partial charge in [-0.3, -0.25) is 4.79 Å². The molecule has 0 saturated carbocycles. The lowest BCUT2D eigenvalue weighted by Crippen LogP contribution is -2.44. The summed E-state index contributed by atoms with van der Waals surface area (Å²) in [6, 6.07) is 8.96. The van der Waals surface area contributed by atoms with E-state index in [1.165, 1.54) is 7.11 Å². The lowest BCUT2D eigenvalue weighted by molar-refractivity contribution is -0.151. The molecule has 1 amide bonds. The second-order valence-corrected chi connectivity index (χ2v) is 4.84. The first-order valence-electron chi connectivity index (χ1n) is 6.53. The molecule has 104 valence electrons. The number of carbonyl (C=O) groups is 2. The molecule has 1 heterocycles. The summed E-state index contributed by atoms with van der Waals surface area (Å²) in [5.41, 5.74) is 0.986. The Kier molecular flexibility index (Phi) is 4.41. The first-order valence-corrected chi connectivity index (χ1v) is 6.53. The largest absolute Gasteiger partial charge is 0.467 e. The van der Waals surface area contributed by atoms with Gasteiger partial charge in [-0.05, 0) is 5.56 Å². The Labute approximate surface area is 118 Å². The molecule has 0 N–H and O–H groups in total. The predicted octanol–water partition coefficient (Wildman–Crippen LogP) is 1.25. The van der Waals surface area contributed by atoms with Crippen molar-refractivity contribution in [3.8, 4) is 12.3 Å². The van der Waals surface area contributed by atoms with Gasteiger partial charge >= 0.3 is 5.97 Å². The van der Waals surface area contributed by atoms with E-state index in [-0.39, 0.29) is 11.8 Å². The topological polar surface area (TPSA) is 46.6 Å². The first kappa shape index (κ1) is 14.1. The summed E-state index contributed by atoms with van der Waals surface area (Å²) in [5, 5.41) is 0. The molecular weight excluding hydrogens is 254 g/mol. The zero-order valence-corrected chi connectivity index (χ0v) is 11.4. The Morgan fingerprint density at radius 1 is 1.50 bits per heavy atom. The van der Waals surface area contributed by atoms with E-state index in [2.05, 4.69) is 5.92 Å². The van der Waals surface area contributed by atoms with Crippen LogP contribution in [0.2, 0.25) is 0 Å². The van der Waals surface area contributed by atoms with Crippen LogP contribution >= 0.6 is 0 Å². The summed E-state index contributed by atoms with van der Waals surface area (Å²) >= 11 is 0. The standard InChI is InChI=1S/C16H17NO3/c1-3-12-10-15(18)17(11-12)14(16(19)20-2)9-13-7-5-4-6-8-13/h1,4-8,12,14H,9-11H2,2H3/t12?,14-/m1/s1. The third-order valence-electron chi connectivity index (χ3n) is 3.52. The number of hydrogen-bond donors (Lipinski definition) is 0. The number of benzene rings is 1. The van der Waals surface area contributed by atoms with Gasteiger partial charge in [0.25, 0.3) is 0 Å². The highest BCUT2D eigenvalue weighted by atomic mass is 16.5. The fraction of sp³-hybridized carbons (Fsp3) is 0.375. The van der Waals surface area contributed by atoms with Crippen LogP contribution in [0.5, 0.6) is 0 Å². The average Bonchev–Trinajstić information content (AvgIpc) is 2.86. The molecule has 0 bridgehead atoms. The summed E-state index contributed by atoms with van der Waals surface area (Å²) in [4.78, 5) is 25.5. The molecule has 1 fully saturated rings. The molecule has 1 saturated heterocycles. The Hall–Kier alpha value is -2.28. The van der Waals surface area contributed by atoms with Crippen LogP contribution < -0.4 is 0 Å². The van der Waals surface area contributed by atoms with E-state index in [0.29, 0.717) is 19.4 Å². The summed E-state index contributed by atoms with van der Waals surface area (Å²) in [6.07, 6.45) is 6.12. The van der Waals surface area contributed by atoms with E-state index < -0.39 is 12.0 Å². The fourth-order valence-corrected chi connectivity index (χ4v) is 2.44. The lowest BCUT2D eigenvalue weighted by atomic mass is 10.0. The van der Waals surface area contributed by atoms with Crippen molar-refractivity contribution in [3.63, 3.8) is 0 Å². The van der Waals surface area contributed by atoms with Crippen molar-refractivity contribution in [1.29, 1.82) is 0 Å². The summed E-state index contributed by atoms with van der Waals surface area (Å²) in [7, 11) is 1.33. The quantitative estimate of drug-likeness (QED) is 0.611. The highest BCUT2D eigenvalue weighted by molar-refractivity contribution is 5.86. The van der Waals surface area contributed by atoms with Gasteiger partial charge in [-0.15, -0.1) is 12.3 Å². The number of esters is 1. The van der Waals surface area contributed by atoms with Gasteiger partial charge in [-0.25, -0.2) is 4.79 Å². The summed E-state index contributed by atoms with van der Waals surface area (Å²) < 4.78 is 4.83. The number of likely N-dealkylation sites (tertiary alicyclic amines) is 1. The minimum atomic E-state index is -0.603. The van der Waals surface area contributed by atoms with Gasteiger partial charge in [-0.1, -0.05) is 30.3 Å². The smallest absolute Gasteiger partial charge is 0.328 e. The third-order valence-corrected chi connectivity index (χ3v) is 3.52. The molecule has 0 aliphatic carbocycles. The van der Waals surface area contributed by atoms with Crippen molar-refractivity contribution in [3.05, 3.63) is 35.9 Å². The number of carbonyl (C=O) groups excluding carboxylic acids is 2. The van der Waals surface area contributed by atoms with Gasteiger partial charge in [0.2, 0.25) is 5.91 Å². The van der Waals surface area contributed by atoms with E-state index in [1.807, 2.05) is 30.3 Å². The minimum Gasteiger partial charge on any atom is -0.467 e. The first-order chi connectivity index (χ1) is 9.65. The number of amides is 1.